The second kappa shape index (κ2) is 7.27. The monoisotopic (exact) mass is 377 g/mol. The van der Waals surface area contributed by atoms with E-state index in [9.17, 15) is 22.4 Å². The van der Waals surface area contributed by atoms with Crippen LogP contribution in [-0.4, -0.2) is 37.0 Å². The lowest BCUT2D eigenvalue weighted by molar-refractivity contribution is -0.137. The zero-order valence-corrected chi connectivity index (χ0v) is 14.1. The summed E-state index contributed by atoms with van der Waals surface area (Å²) in [4.78, 5) is 15.8. The van der Waals surface area contributed by atoms with Gasteiger partial charge in [0.25, 0.3) is 5.91 Å². The number of carbonyl (C=O) groups excluding carboxylic acids is 1. The van der Waals surface area contributed by atoms with E-state index in [-0.39, 0.29) is 17.0 Å². The molecule has 3 rings (SSSR count). The third kappa shape index (κ3) is 3.87. The standard InChI is InChI=1S/C19H15F4N3O/c20-16-2-1-3-17(15(16)12-24)25-8-10-26(11-9-25)18(27)13-4-6-14(7-5-13)19(21,22)23/h1-7H,8-11H2. The number of rotatable bonds is 2. The van der Waals surface area contributed by atoms with Crippen molar-refractivity contribution in [3.8, 4) is 6.07 Å². The molecule has 1 fully saturated rings. The van der Waals surface area contributed by atoms with Gasteiger partial charge in [0.05, 0.1) is 11.3 Å². The number of hydrogen-bond acceptors (Lipinski definition) is 3. The molecule has 4 nitrogen and oxygen atoms in total. The van der Waals surface area contributed by atoms with Gasteiger partial charge >= 0.3 is 6.18 Å². The Morgan fingerprint density at radius 2 is 1.63 bits per heavy atom. The summed E-state index contributed by atoms with van der Waals surface area (Å²) in [5, 5.41) is 9.14. The smallest absolute Gasteiger partial charge is 0.367 e. The molecule has 0 aliphatic carbocycles. The molecule has 2 aromatic rings. The number of halogens is 4. The fraction of sp³-hybridized carbons (Fsp3) is 0.263. The average Bonchev–Trinajstić information content (AvgIpc) is 2.67. The number of piperazine rings is 1. The second-order valence-electron chi connectivity index (χ2n) is 6.10. The lowest BCUT2D eigenvalue weighted by atomic mass is 10.1. The van der Waals surface area contributed by atoms with Crippen molar-refractivity contribution < 1.29 is 22.4 Å². The summed E-state index contributed by atoms with van der Waals surface area (Å²) in [5.41, 5.74) is -0.196. The number of nitrogens with zero attached hydrogens (tertiary/aromatic N) is 3. The van der Waals surface area contributed by atoms with Gasteiger partial charge in [0.1, 0.15) is 17.4 Å². The molecule has 8 heteroatoms. The molecule has 0 aromatic heterocycles. The van der Waals surface area contributed by atoms with Crippen LogP contribution in [0.3, 0.4) is 0 Å². The fourth-order valence-corrected chi connectivity index (χ4v) is 3.02. The maximum Gasteiger partial charge on any atom is 0.416 e. The SMILES string of the molecule is N#Cc1c(F)cccc1N1CCN(C(=O)c2ccc(C(F)(F)F)cc2)CC1. The van der Waals surface area contributed by atoms with Crippen molar-refractivity contribution >= 4 is 11.6 Å². The summed E-state index contributed by atoms with van der Waals surface area (Å²) in [6.45, 7) is 1.43. The average molecular weight is 377 g/mol. The van der Waals surface area contributed by atoms with Gasteiger partial charge in [0.15, 0.2) is 0 Å². The molecule has 1 heterocycles. The van der Waals surface area contributed by atoms with Crippen LogP contribution in [0.2, 0.25) is 0 Å². The predicted octanol–water partition coefficient (Wildman–Crippen LogP) is 3.68. The third-order valence-corrected chi connectivity index (χ3v) is 4.47. The first-order valence-corrected chi connectivity index (χ1v) is 8.21. The van der Waals surface area contributed by atoms with Gasteiger partial charge in [-0.3, -0.25) is 4.79 Å². The molecule has 1 saturated heterocycles. The van der Waals surface area contributed by atoms with Crippen LogP contribution in [0.15, 0.2) is 42.5 Å². The van der Waals surface area contributed by atoms with E-state index >= 15 is 0 Å². The van der Waals surface area contributed by atoms with Crippen molar-refractivity contribution in [2.75, 3.05) is 31.1 Å². The third-order valence-electron chi connectivity index (χ3n) is 4.47. The van der Waals surface area contributed by atoms with Crippen LogP contribution < -0.4 is 4.90 Å². The first-order valence-electron chi connectivity index (χ1n) is 8.21. The predicted molar refractivity (Wildman–Crippen MR) is 90.7 cm³/mol. The molecule has 0 saturated carbocycles. The minimum Gasteiger partial charge on any atom is -0.367 e. The van der Waals surface area contributed by atoms with E-state index in [2.05, 4.69) is 0 Å². The summed E-state index contributed by atoms with van der Waals surface area (Å²) < 4.78 is 51.6. The number of amides is 1. The maximum atomic E-state index is 13.8. The molecule has 0 N–H and O–H groups in total. The summed E-state index contributed by atoms with van der Waals surface area (Å²) in [5.74, 6) is -0.957. The highest BCUT2D eigenvalue weighted by Gasteiger charge is 2.31. The maximum absolute atomic E-state index is 13.8. The van der Waals surface area contributed by atoms with Gasteiger partial charge < -0.3 is 9.80 Å². The van der Waals surface area contributed by atoms with E-state index in [1.54, 1.807) is 6.07 Å². The van der Waals surface area contributed by atoms with Crippen LogP contribution in [-0.2, 0) is 6.18 Å². The summed E-state index contributed by atoms with van der Waals surface area (Å²) in [6, 6.07) is 10.3. The zero-order valence-electron chi connectivity index (χ0n) is 14.1. The van der Waals surface area contributed by atoms with Crippen LogP contribution in [0.25, 0.3) is 0 Å². The van der Waals surface area contributed by atoms with Gasteiger partial charge in [-0.15, -0.1) is 0 Å². The lowest BCUT2D eigenvalue weighted by Gasteiger charge is -2.36. The Bertz CT molecular complexity index is 879. The zero-order chi connectivity index (χ0) is 19.6. The fourth-order valence-electron chi connectivity index (χ4n) is 3.02. The molecule has 140 valence electrons. The van der Waals surface area contributed by atoms with Crippen LogP contribution in [0.4, 0.5) is 23.2 Å². The minimum absolute atomic E-state index is 0.0417. The Morgan fingerprint density at radius 3 is 2.19 bits per heavy atom. The molecule has 0 bridgehead atoms. The highest BCUT2D eigenvalue weighted by atomic mass is 19.4. The highest BCUT2D eigenvalue weighted by Crippen LogP contribution is 2.29. The van der Waals surface area contributed by atoms with Crippen molar-refractivity contribution in [3.63, 3.8) is 0 Å². The van der Waals surface area contributed by atoms with Crippen molar-refractivity contribution in [1.29, 1.82) is 5.26 Å². The molecular weight excluding hydrogens is 362 g/mol. The van der Waals surface area contributed by atoms with Gasteiger partial charge in [-0.25, -0.2) is 4.39 Å². The Hall–Kier alpha value is -3.08. The van der Waals surface area contributed by atoms with E-state index in [0.717, 1.165) is 24.3 Å². The topological polar surface area (TPSA) is 47.3 Å². The van der Waals surface area contributed by atoms with Gasteiger partial charge in [0.2, 0.25) is 0 Å². The van der Waals surface area contributed by atoms with Gasteiger partial charge in [-0.1, -0.05) is 6.07 Å². The van der Waals surface area contributed by atoms with Gasteiger partial charge in [0, 0.05) is 31.7 Å². The summed E-state index contributed by atoms with van der Waals surface area (Å²) >= 11 is 0. The number of alkyl halides is 3. The van der Waals surface area contributed by atoms with Crippen LogP contribution in [0, 0.1) is 17.1 Å². The Balaban J connectivity index is 1.68. The second-order valence-corrected chi connectivity index (χ2v) is 6.10. The Labute approximate surface area is 153 Å². The van der Waals surface area contributed by atoms with E-state index in [1.807, 2.05) is 11.0 Å². The molecule has 0 unspecified atom stereocenters. The first-order chi connectivity index (χ1) is 12.8. The van der Waals surface area contributed by atoms with Crippen molar-refractivity contribution in [3.05, 3.63) is 65.0 Å². The van der Waals surface area contributed by atoms with Crippen molar-refractivity contribution in [1.82, 2.24) is 4.90 Å². The first kappa shape index (κ1) is 18.7. The van der Waals surface area contributed by atoms with Gasteiger partial charge in [-0.05, 0) is 36.4 Å². The quantitative estimate of drug-likeness (QED) is 0.751. The molecular formula is C19H15F4N3O. The molecule has 0 radical (unpaired) electrons. The van der Waals surface area contributed by atoms with Crippen LogP contribution >= 0.6 is 0 Å². The van der Waals surface area contributed by atoms with Crippen molar-refractivity contribution in [2.24, 2.45) is 0 Å². The molecule has 2 aromatic carbocycles. The molecule has 0 atom stereocenters. The number of benzene rings is 2. The largest absolute Gasteiger partial charge is 0.416 e. The number of nitriles is 1. The van der Waals surface area contributed by atoms with E-state index in [0.29, 0.717) is 31.9 Å². The number of anilines is 1. The molecule has 27 heavy (non-hydrogen) atoms. The summed E-state index contributed by atoms with van der Waals surface area (Å²) in [6.07, 6.45) is -4.45. The number of hydrogen-bond donors (Lipinski definition) is 0. The van der Waals surface area contributed by atoms with E-state index in [4.69, 9.17) is 5.26 Å². The van der Waals surface area contributed by atoms with Crippen molar-refractivity contribution in [2.45, 2.75) is 6.18 Å². The number of carbonyl (C=O) groups is 1. The molecule has 0 spiro atoms. The van der Waals surface area contributed by atoms with Crippen LogP contribution in [0.5, 0.6) is 0 Å². The Morgan fingerprint density at radius 1 is 1.00 bits per heavy atom. The summed E-state index contributed by atoms with van der Waals surface area (Å²) in [7, 11) is 0. The van der Waals surface area contributed by atoms with E-state index < -0.39 is 17.6 Å². The van der Waals surface area contributed by atoms with E-state index in [1.165, 1.54) is 17.0 Å². The normalized spacial score (nSPS) is 14.8. The molecule has 1 amide bonds. The minimum atomic E-state index is -4.45. The highest BCUT2D eigenvalue weighted by molar-refractivity contribution is 5.94. The lowest BCUT2D eigenvalue weighted by Crippen LogP contribution is -2.49. The van der Waals surface area contributed by atoms with Crippen LogP contribution in [0.1, 0.15) is 21.5 Å². The molecule has 1 aliphatic rings. The van der Waals surface area contributed by atoms with Gasteiger partial charge in [-0.2, -0.15) is 18.4 Å². The Kier molecular flexibility index (Phi) is 5.04. The molecule has 1 aliphatic heterocycles.